The van der Waals surface area contributed by atoms with Crippen LogP contribution in [0.15, 0.2) is 24.3 Å². The topological polar surface area (TPSA) is 98.3 Å². The van der Waals surface area contributed by atoms with E-state index in [1.54, 1.807) is 6.07 Å². The van der Waals surface area contributed by atoms with Gasteiger partial charge >= 0.3 is 0 Å². The number of hydrogen-bond acceptors (Lipinski definition) is 4. The summed E-state index contributed by atoms with van der Waals surface area (Å²) in [5, 5.41) is 13.6. The number of nitrogens with one attached hydrogen (secondary N) is 1. The second kappa shape index (κ2) is 5.36. The predicted molar refractivity (Wildman–Crippen MR) is 70.8 cm³/mol. The zero-order chi connectivity index (χ0) is 13.9. The summed E-state index contributed by atoms with van der Waals surface area (Å²) >= 11 is 0. The van der Waals surface area contributed by atoms with E-state index in [1.165, 1.54) is 18.2 Å². The third kappa shape index (κ3) is 2.90. The van der Waals surface area contributed by atoms with Gasteiger partial charge in [0.15, 0.2) is 0 Å². The van der Waals surface area contributed by atoms with Crippen LogP contribution < -0.4 is 11.1 Å². The van der Waals surface area contributed by atoms with E-state index in [-0.39, 0.29) is 17.1 Å². The van der Waals surface area contributed by atoms with Crippen molar-refractivity contribution in [1.29, 1.82) is 0 Å². The summed E-state index contributed by atoms with van der Waals surface area (Å²) in [6, 6.07) is 5.73. The van der Waals surface area contributed by atoms with E-state index in [2.05, 4.69) is 5.32 Å². The summed E-state index contributed by atoms with van der Waals surface area (Å²) in [5.41, 5.74) is 5.62. The van der Waals surface area contributed by atoms with Crippen LogP contribution in [0.25, 0.3) is 0 Å². The molecular formula is C13H17N3O3. The molecule has 0 bridgehead atoms. The van der Waals surface area contributed by atoms with Gasteiger partial charge in [-0.1, -0.05) is 18.9 Å². The predicted octanol–water partition coefficient (Wildman–Crippen LogP) is 1.60. The molecular weight excluding hydrogens is 246 g/mol. The number of nitro groups is 1. The van der Waals surface area contributed by atoms with Gasteiger partial charge in [0.05, 0.1) is 10.5 Å². The fourth-order valence-electron chi connectivity index (χ4n) is 2.51. The van der Waals surface area contributed by atoms with Gasteiger partial charge in [0.2, 0.25) is 0 Å². The highest BCUT2D eigenvalue weighted by Gasteiger charge is 2.34. The van der Waals surface area contributed by atoms with Gasteiger partial charge < -0.3 is 11.1 Å². The van der Waals surface area contributed by atoms with Crippen LogP contribution in [0.3, 0.4) is 0 Å². The molecule has 0 aliphatic heterocycles. The quantitative estimate of drug-likeness (QED) is 0.636. The molecule has 102 valence electrons. The van der Waals surface area contributed by atoms with Gasteiger partial charge in [-0.05, 0) is 18.9 Å². The molecule has 1 saturated carbocycles. The summed E-state index contributed by atoms with van der Waals surface area (Å²) < 4.78 is 0. The van der Waals surface area contributed by atoms with Crippen LogP contribution in [-0.2, 0) is 0 Å². The SMILES string of the molecule is NCC1(NC(=O)c2cccc([N+](=O)[O-])c2)CCCC1. The number of nitrogens with zero attached hydrogens (tertiary/aromatic N) is 1. The molecule has 0 unspecified atom stereocenters. The van der Waals surface area contributed by atoms with Gasteiger partial charge in [-0.3, -0.25) is 14.9 Å². The first kappa shape index (κ1) is 13.5. The van der Waals surface area contributed by atoms with Gasteiger partial charge in [0, 0.05) is 24.2 Å². The molecule has 19 heavy (non-hydrogen) atoms. The monoisotopic (exact) mass is 263 g/mol. The molecule has 1 aliphatic rings. The molecule has 0 saturated heterocycles. The van der Waals surface area contributed by atoms with Gasteiger partial charge in [-0.25, -0.2) is 0 Å². The molecule has 0 radical (unpaired) electrons. The molecule has 6 nitrogen and oxygen atoms in total. The molecule has 1 aromatic carbocycles. The van der Waals surface area contributed by atoms with E-state index in [0.29, 0.717) is 12.1 Å². The van der Waals surface area contributed by atoms with Crippen molar-refractivity contribution in [3.63, 3.8) is 0 Å². The fraction of sp³-hybridized carbons (Fsp3) is 0.462. The average Bonchev–Trinajstić information content (AvgIpc) is 2.88. The standard InChI is InChI=1S/C13H17N3O3/c14-9-13(6-1-2-7-13)15-12(17)10-4-3-5-11(8-10)16(18)19/h3-5,8H,1-2,6-7,9,14H2,(H,15,17). The van der Waals surface area contributed by atoms with Crippen molar-refractivity contribution in [2.75, 3.05) is 6.54 Å². The van der Waals surface area contributed by atoms with Gasteiger partial charge in [0.25, 0.3) is 11.6 Å². The Bertz CT molecular complexity index is 496. The lowest BCUT2D eigenvalue weighted by Gasteiger charge is -2.28. The Morgan fingerprint density at radius 2 is 2.11 bits per heavy atom. The summed E-state index contributed by atoms with van der Waals surface area (Å²) in [6.45, 7) is 0.396. The Kier molecular flexibility index (Phi) is 3.80. The molecule has 0 spiro atoms. The van der Waals surface area contributed by atoms with E-state index in [1.807, 2.05) is 0 Å². The van der Waals surface area contributed by atoms with Crippen molar-refractivity contribution in [2.24, 2.45) is 5.73 Å². The summed E-state index contributed by atoms with van der Waals surface area (Å²) in [6.07, 6.45) is 3.83. The van der Waals surface area contributed by atoms with Crippen molar-refractivity contribution in [2.45, 2.75) is 31.2 Å². The van der Waals surface area contributed by atoms with Crippen LogP contribution in [0.4, 0.5) is 5.69 Å². The minimum Gasteiger partial charge on any atom is -0.345 e. The number of non-ortho nitro benzene ring substituents is 1. The van der Waals surface area contributed by atoms with Crippen LogP contribution in [-0.4, -0.2) is 22.9 Å². The Balaban J connectivity index is 2.15. The van der Waals surface area contributed by atoms with E-state index in [9.17, 15) is 14.9 Å². The van der Waals surface area contributed by atoms with E-state index < -0.39 is 4.92 Å². The maximum absolute atomic E-state index is 12.2. The summed E-state index contributed by atoms with van der Waals surface area (Å²) in [5.74, 6) is -0.295. The fourth-order valence-corrected chi connectivity index (χ4v) is 2.51. The van der Waals surface area contributed by atoms with Crippen LogP contribution in [0, 0.1) is 10.1 Å². The van der Waals surface area contributed by atoms with Crippen molar-refractivity contribution < 1.29 is 9.72 Å². The average molecular weight is 263 g/mol. The second-order valence-corrected chi connectivity index (χ2v) is 4.95. The van der Waals surface area contributed by atoms with E-state index in [4.69, 9.17) is 5.73 Å². The van der Waals surface area contributed by atoms with E-state index >= 15 is 0 Å². The summed E-state index contributed by atoms with van der Waals surface area (Å²) in [4.78, 5) is 22.3. The Labute approximate surface area is 111 Å². The number of nitrogens with two attached hydrogens (primary N) is 1. The normalized spacial score (nSPS) is 17.1. The Morgan fingerprint density at radius 1 is 1.42 bits per heavy atom. The molecule has 1 fully saturated rings. The molecule has 1 amide bonds. The number of hydrogen-bond donors (Lipinski definition) is 2. The third-order valence-electron chi connectivity index (χ3n) is 3.65. The van der Waals surface area contributed by atoms with Gasteiger partial charge in [-0.15, -0.1) is 0 Å². The first-order valence-electron chi connectivity index (χ1n) is 6.33. The molecule has 1 aromatic rings. The zero-order valence-corrected chi connectivity index (χ0v) is 10.6. The number of amides is 1. The Hall–Kier alpha value is -1.95. The third-order valence-corrected chi connectivity index (χ3v) is 3.65. The number of nitro benzene ring substituents is 1. The van der Waals surface area contributed by atoms with Crippen molar-refractivity contribution in [1.82, 2.24) is 5.32 Å². The minimum atomic E-state index is -0.509. The molecule has 3 N–H and O–H groups in total. The molecule has 0 aromatic heterocycles. The minimum absolute atomic E-state index is 0.0825. The molecule has 0 heterocycles. The van der Waals surface area contributed by atoms with Crippen LogP contribution in [0.5, 0.6) is 0 Å². The van der Waals surface area contributed by atoms with Crippen LogP contribution >= 0.6 is 0 Å². The summed E-state index contributed by atoms with van der Waals surface area (Å²) in [7, 11) is 0. The smallest absolute Gasteiger partial charge is 0.270 e. The highest BCUT2D eigenvalue weighted by atomic mass is 16.6. The zero-order valence-electron chi connectivity index (χ0n) is 10.6. The number of rotatable bonds is 4. The first-order chi connectivity index (χ1) is 9.06. The number of carbonyl (C=O) groups excluding carboxylic acids is 1. The lowest BCUT2D eigenvalue weighted by Crippen LogP contribution is -2.51. The maximum Gasteiger partial charge on any atom is 0.270 e. The number of carbonyl (C=O) groups is 1. The largest absolute Gasteiger partial charge is 0.345 e. The highest BCUT2D eigenvalue weighted by molar-refractivity contribution is 5.95. The molecule has 0 atom stereocenters. The lowest BCUT2D eigenvalue weighted by atomic mass is 9.97. The van der Waals surface area contributed by atoms with Crippen molar-refractivity contribution in [3.8, 4) is 0 Å². The van der Waals surface area contributed by atoms with Crippen LogP contribution in [0.2, 0.25) is 0 Å². The molecule has 2 rings (SSSR count). The van der Waals surface area contributed by atoms with Gasteiger partial charge in [0.1, 0.15) is 0 Å². The highest BCUT2D eigenvalue weighted by Crippen LogP contribution is 2.29. The number of benzene rings is 1. The van der Waals surface area contributed by atoms with Crippen molar-refractivity contribution >= 4 is 11.6 Å². The van der Waals surface area contributed by atoms with Crippen molar-refractivity contribution in [3.05, 3.63) is 39.9 Å². The molecule has 6 heteroatoms. The molecule has 1 aliphatic carbocycles. The Morgan fingerprint density at radius 3 is 2.68 bits per heavy atom. The maximum atomic E-state index is 12.2. The second-order valence-electron chi connectivity index (χ2n) is 4.95. The van der Waals surface area contributed by atoms with Gasteiger partial charge in [-0.2, -0.15) is 0 Å². The lowest BCUT2D eigenvalue weighted by molar-refractivity contribution is -0.384. The van der Waals surface area contributed by atoms with E-state index in [0.717, 1.165) is 25.7 Å². The van der Waals surface area contributed by atoms with Crippen LogP contribution in [0.1, 0.15) is 36.0 Å². The first-order valence-corrected chi connectivity index (χ1v) is 6.33.